The SMILES string of the molecule is CCc1ccc(OCC(=O)N/N=C\c2ccccc2OCc2ccccc2)cc1. The molecule has 0 bridgehead atoms. The van der Waals surface area contributed by atoms with Crippen LogP contribution in [0.2, 0.25) is 0 Å². The van der Waals surface area contributed by atoms with Gasteiger partial charge in [-0.2, -0.15) is 5.10 Å². The topological polar surface area (TPSA) is 59.9 Å². The molecule has 0 aliphatic heterocycles. The minimum atomic E-state index is -0.330. The van der Waals surface area contributed by atoms with Gasteiger partial charge in [0.1, 0.15) is 18.1 Å². The molecule has 3 aromatic carbocycles. The van der Waals surface area contributed by atoms with Crippen molar-refractivity contribution in [2.75, 3.05) is 6.61 Å². The van der Waals surface area contributed by atoms with Crippen LogP contribution in [0.4, 0.5) is 0 Å². The largest absolute Gasteiger partial charge is 0.488 e. The first kappa shape index (κ1) is 20.1. The summed E-state index contributed by atoms with van der Waals surface area (Å²) in [6, 6.07) is 25.1. The average Bonchev–Trinajstić information content (AvgIpc) is 2.78. The van der Waals surface area contributed by atoms with Crippen molar-refractivity contribution in [1.29, 1.82) is 0 Å². The third-order valence-electron chi connectivity index (χ3n) is 4.25. The number of para-hydroxylation sites is 1. The Hall–Kier alpha value is -3.60. The summed E-state index contributed by atoms with van der Waals surface area (Å²) in [7, 11) is 0. The molecule has 3 aromatic rings. The summed E-state index contributed by atoms with van der Waals surface area (Å²) in [4.78, 5) is 11.9. The fourth-order valence-corrected chi connectivity index (χ4v) is 2.63. The number of benzene rings is 3. The molecule has 0 aliphatic rings. The van der Waals surface area contributed by atoms with Gasteiger partial charge in [0, 0.05) is 5.56 Å². The lowest BCUT2D eigenvalue weighted by molar-refractivity contribution is -0.123. The molecule has 1 amide bonds. The van der Waals surface area contributed by atoms with Crippen molar-refractivity contribution in [3.8, 4) is 11.5 Å². The Morgan fingerprint density at radius 2 is 1.62 bits per heavy atom. The molecule has 1 N–H and O–H groups in total. The number of rotatable bonds is 9. The van der Waals surface area contributed by atoms with E-state index in [-0.39, 0.29) is 12.5 Å². The Kier molecular flexibility index (Phi) is 7.41. The standard InChI is InChI=1S/C24H24N2O3/c1-2-19-12-14-22(15-13-19)28-18-24(27)26-25-16-21-10-6-7-11-23(21)29-17-20-8-4-3-5-9-20/h3-16H,2,17-18H2,1H3,(H,26,27)/b25-16-. The molecule has 5 nitrogen and oxygen atoms in total. The highest BCUT2D eigenvalue weighted by atomic mass is 16.5. The number of nitrogens with zero attached hydrogens (tertiary/aromatic N) is 1. The molecule has 0 heterocycles. The summed E-state index contributed by atoms with van der Waals surface area (Å²) in [5.41, 5.74) is 5.55. The van der Waals surface area contributed by atoms with Crippen molar-refractivity contribution in [3.05, 3.63) is 95.6 Å². The monoisotopic (exact) mass is 388 g/mol. The molecule has 0 aliphatic carbocycles. The number of carbonyl (C=O) groups excluding carboxylic acids is 1. The number of hydrogen-bond donors (Lipinski definition) is 1. The van der Waals surface area contributed by atoms with Crippen LogP contribution in [-0.4, -0.2) is 18.7 Å². The molecule has 0 saturated carbocycles. The number of carbonyl (C=O) groups is 1. The molecule has 0 atom stereocenters. The minimum absolute atomic E-state index is 0.102. The highest BCUT2D eigenvalue weighted by Crippen LogP contribution is 2.17. The van der Waals surface area contributed by atoms with Crippen LogP contribution >= 0.6 is 0 Å². The summed E-state index contributed by atoms with van der Waals surface area (Å²) in [5.74, 6) is 1.02. The predicted octanol–water partition coefficient (Wildman–Crippen LogP) is 4.36. The summed E-state index contributed by atoms with van der Waals surface area (Å²) in [6.07, 6.45) is 2.53. The highest BCUT2D eigenvalue weighted by molar-refractivity contribution is 5.85. The lowest BCUT2D eigenvalue weighted by Gasteiger charge is -2.09. The molecule has 0 aromatic heterocycles. The van der Waals surface area contributed by atoms with Gasteiger partial charge in [-0.05, 0) is 41.8 Å². The van der Waals surface area contributed by atoms with Crippen molar-refractivity contribution < 1.29 is 14.3 Å². The van der Waals surface area contributed by atoms with Crippen LogP contribution < -0.4 is 14.9 Å². The zero-order valence-corrected chi connectivity index (χ0v) is 16.4. The maximum absolute atomic E-state index is 11.9. The van der Waals surface area contributed by atoms with Crippen LogP contribution in [0.15, 0.2) is 84.0 Å². The third kappa shape index (κ3) is 6.50. The van der Waals surface area contributed by atoms with Crippen molar-refractivity contribution in [3.63, 3.8) is 0 Å². The normalized spacial score (nSPS) is 10.7. The van der Waals surface area contributed by atoms with Crippen LogP contribution in [0.1, 0.15) is 23.6 Å². The predicted molar refractivity (Wildman–Crippen MR) is 114 cm³/mol. The van der Waals surface area contributed by atoms with Gasteiger partial charge in [0.15, 0.2) is 6.61 Å². The van der Waals surface area contributed by atoms with Crippen molar-refractivity contribution in [1.82, 2.24) is 5.43 Å². The quantitative estimate of drug-likeness (QED) is 0.438. The molecule has 29 heavy (non-hydrogen) atoms. The van der Waals surface area contributed by atoms with Crippen molar-refractivity contribution >= 4 is 12.1 Å². The number of hydrogen-bond acceptors (Lipinski definition) is 4. The van der Waals surface area contributed by atoms with Crippen molar-refractivity contribution in [2.45, 2.75) is 20.0 Å². The van der Waals surface area contributed by atoms with Gasteiger partial charge in [-0.25, -0.2) is 5.43 Å². The van der Waals surface area contributed by atoms with Crippen LogP contribution in [0.3, 0.4) is 0 Å². The summed E-state index contributed by atoms with van der Waals surface area (Å²) < 4.78 is 11.3. The van der Waals surface area contributed by atoms with Gasteiger partial charge in [-0.3, -0.25) is 4.79 Å². The molecule has 0 fully saturated rings. The molecule has 0 spiro atoms. The number of ether oxygens (including phenoxy) is 2. The van der Waals surface area contributed by atoms with Gasteiger partial charge >= 0.3 is 0 Å². The van der Waals surface area contributed by atoms with E-state index in [4.69, 9.17) is 9.47 Å². The second-order valence-electron chi connectivity index (χ2n) is 6.39. The van der Waals surface area contributed by atoms with E-state index in [0.29, 0.717) is 18.1 Å². The molecule has 3 rings (SSSR count). The van der Waals surface area contributed by atoms with Crippen molar-refractivity contribution in [2.24, 2.45) is 5.10 Å². The molecule has 0 saturated heterocycles. The fraction of sp³-hybridized carbons (Fsp3) is 0.167. The van der Waals surface area contributed by atoms with E-state index < -0.39 is 0 Å². The number of nitrogens with one attached hydrogen (secondary N) is 1. The summed E-state index contributed by atoms with van der Waals surface area (Å²) in [5, 5.41) is 4.01. The van der Waals surface area contributed by atoms with E-state index in [0.717, 1.165) is 17.5 Å². The lowest BCUT2D eigenvalue weighted by atomic mass is 10.2. The van der Waals surface area contributed by atoms with E-state index in [9.17, 15) is 4.79 Å². The first-order valence-electron chi connectivity index (χ1n) is 9.54. The van der Waals surface area contributed by atoms with Gasteiger partial charge in [0.2, 0.25) is 0 Å². The fourth-order valence-electron chi connectivity index (χ4n) is 2.63. The number of amides is 1. The molecule has 0 radical (unpaired) electrons. The van der Waals surface area contributed by atoms with Crippen LogP contribution in [0.25, 0.3) is 0 Å². The molecule has 5 heteroatoms. The Balaban J connectivity index is 1.49. The Morgan fingerprint density at radius 1 is 0.897 bits per heavy atom. The van der Waals surface area contributed by atoms with Crippen LogP contribution in [-0.2, 0) is 17.8 Å². The third-order valence-corrected chi connectivity index (χ3v) is 4.25. The maximum Gasteiger partial charge on any atom is 0.277 e. The molecular formula is C24H24N2O3. The summed E-state index contributed by atoms with van der Waals surface area (Å²) in [6.45, 7) is 2.45. The van der Waals surface area contributed by atoms with E-state index in [1.54, 1.807) is 6.21 Å². The summed E-state index contributed by atoms with van der Waals surface area (Å²) >= 11 is 0. The van der Waals surface area contributed by atoms with E-state index in [1.165, 1.54) is 5.56 Å². The van der Waals surface area contributed by atoms with Gasteiger partial charge < -0.3 is 9.47 Å². The zero-order chi connectivity index (χ0) is 20.3. The molecular weight excluding hydrogens is 364 g/mol. The van der Waals surface area contributed by atoms with E-state index >= 15 is 0 Å². The van der Waals surface area contributed by atoms with Gasteiger partial charge in [0.25, 0.3) is 5.91 Å². The van der Waals surface area contributed by atoms with Gasteiger partial charge in [-0.15, -0.1) is 0 Å². The lowest BCUT2D eigenvalue weighted by Crippen LogP contribution is -2.24. The smallest absolute Gasteiger partial charge is 0.277 e. The van der Waals surface area contributed by atoms with Gasteiger partial charge in [-0.1, -0.05) is 61.5 Å². The Bertz CT molecular complexity index is 938. The maximum atomic E-state index is 11.9. The Morgan fingerprint density at radius 3 is 2.38 bits per heavy atom. The zero-order valence-electron chi connectivity index (χ0n) is 16.4. The second kappa shape index (κ2) is 10.7. The van der Waals surface area contributed by atoms with Crippen LogP contribution in [0, 0.1) is 0 Å². The Labute approximate surface area is 171 Å². The minimum Gasteiger partial charge on any atom is -0.488 e. The van der Waals surface area contributed by atoms with Crippen LogP contribution in [0.5, 0.6) is 11.5 Å². The molecule has 148 valence electrons. The van der Waals surface area contributed by atoms with E-state index in [2.05, 4.69) is 17.5 Å². The van der Waals surface area contributed by atoms with E-state index in [1.807, 2.05) is 78.9 Å². The van der Waals surface area contributed by atoms with Gasteiger partial charge in [0.05, 0.1) is 6.21 Å². The second-order valence-corrected chi connectivity index (χ2v) is 6.39. The first-order valence-corrected chi connectivity index (χ1v) is 9.54. The average molecular weight is 388 g/mol. The first-order chi connectivity index (χ1) is 14.2. The molecule has 0 unspecified atom stereocenters. The number of aryl methyl sites for hydroxylation is 1. The number of hydrazone groups is 1. The highest BCUT2D eigenvalue weighted by Gasteiger charge is 2.04.